The van der Waals surface area contributed by atoms with Gasteiger partial charge in [-0.3, -0.25) is 4.68 Å². The first kappa shape index (κ1) is 10.5. The minimum Gasteiger partial charge on any atom is -0.265 e. The van der Waals surface area contributed by atoms with Crippen molar-refractivity contribution in [2.24, 2.45) is 0 Å². The van der Waals surface area contributed by atoms with Crippen LogP contribution in [0.1, 0.15) is 25.2 Å². The van der Waals surface area contributed by atoms with Gasteiger partial charge in [-0.25, -0.2) is 0 Å². The second-order valence-electron chi connectivity index (χ2n) is 3.45. The minimum atomic E-state index is 0.862. The number of hydrogen-bond donors (Lipinski definition) is 0. The van der Waals surface area contributed by atoms with E-state index in [1.807, 2.05) is 11.6 Å². The third kappa shape index (κ3) is 2.44. The quantitative estimate of drug-likeness (QED) is 0.729. The average Bonchev–Trinajstić information content (AvgIpc) is 2.29. The molecule has 0 radical (unpaired) electrons. The van der Waals surface area contributed by atoms with Gasteiger partial charge in [0.15, 0.2) is 0 Å². The highest BCUT2D eigenvalue weighted by molar-refractivity contribution is 9.10. The molecule has 0 aromatic carbocycles. The maximum Gasteiger partial charge on any atom is 0.0738 e. The van der Waals surface area contributed by atoms with Crippen molar-refractivity contribution in [3.05, 3.63) is 27.5 Å². The lowest BCUT2D eigenvalue weighted by Gasteiger charge is -1.99. The predicted octanol–water partition coefficient (Wildman–Crippen LogP) is 3.23. The number of hydrogen-bond acceptors (Lipinski definition) is 1. The van der Waals surface area contributed by atoms with E-state index in [0.717, 1.165) is 16.7 Å². The smallest absolute Gasteiger partial charge is 0.0738 e. The average molecular weight is 243 g/mol. The Morgan fingerprint density at radius 2 is 2.08 bits per heavy atom. The number of rotatable bonds is 2. The van der Waals surface area contributed by atoms with Gasteiger partial charge in [0, 0.05) is 0 Å². The fraction of sp³-hybridized carbons (Fsp3) is 0.500. The molecular weight excluding hydrogens is 228 g/mol. The van der Waals surface area contributed by atoms with E-state index in [0.29, 0.717) is 0 Å². The van der Waals surface area contributed by atoms with Crippen LogP contribution in [0.4, 0.5) is 0 Å². The van der Waals surface area contributed by atoms with Gasteiger partial charge in [0.1, 0.15) is 0 Å². The highest BCUT2D eigenvalue weighted by Crippen LogP contribution is 2.19. The van der Waals surface area contributed by atoms with E-state index in [4.69, 9.17) is 0 Å². The molecule has 3 heteroatoms. The van der Waals surface area contributed by atoms with Crippen molar-refractivity contribution in [3.8, 4) is 0 Å². The Balaban J connectivity index is 2.90. The summed E-state index contributed by atoms with van der Waals surface area (Å²) in [6.45, 7) is 9.14. The first-order valence-corrected chi connectivity index (χ1v) is 5.14. The fourth-order valence-corrected chi connectivity index (χ4v) is 1.41. The zero-order valence-electron chi connectivity index (χ0n) is 8.56. The molecule has 0 aliphatic rings. The van der Waals surface area contributed by atoms with E-state index in [-0.39, 0.29) is 0 Å². The molecule has 13 heavy (non-hydrogen) atoms. The number of allylic oxidation sites excluding steroid dienone is 2. The first-order chi connectivity index (χ1) is 6.02. The molecule has 0 spiro atoms. The Bertz CT molecular complexity index is 333. The predicted molar refractivity (Wildman–Crippen MR) is 58.8 cm³/mol. The third-order valence-corrected chi connectivity index (χ3v) is 3.11. The number of halogens is 1. The highest BCUT2D eigenvalue weighted by atomic mass is 79.9. The van der Waals surface area contributed by atoms with Crippen LogP contribution in [0.5, 0.6) is 0 Å². The van der Waals surface area contributed by atoms with Crippen LogP contribution in [0.15, 0.2) is 16.1 Å². The van der Waals surface area contributed by atoms with Crippen LogP contribution >= 0.6 is 15.9 Å². The lowest BCUT2D eigenvalue weighted by molar-refractivity contribution is 0.669. The summed E-state index contributed by atoms with van der Waals surface area (Å²) in [5.41, 5.74) is 3.57. The molecule has 0 amide bonds. The molecule has 1 aromatic rings. The summed E-state index contributed by atoms with van der Waals surface area (Å²) in [5.74, 6) is 0. The van der Waals surface area contributed by atoms with E-state index >= 15 is 0 Å². The van der Waals surface area contributed by atoms with Crippen molar-refractivity contribution in [3.63, 3.8) is 0 Å². The second-order valence-corrected chi connectivity index (χ2v) is 4.24. The standard InChI is InChI=1S/C10H15BrN2/c1-7(2)5-6-13-9(4)10(11)8(3)12-13/h5H,6H2,1-4H3. The number of aryl methyl sites for hydroxylation is 1. The van der Waals surface area contributed by atoms with Gasteiger partial charge in [-0.2, -0.15) is 5.10 Å². The summed E-state index contributed by atoms with van der Waals surface area (Å²) in [6, 6.07) is 0. The molecule has 1 aromatic heterocycles. The van der Waals surface area contributed by atoms with Crippen molar-refractivity contribution in [1.82, 2.24) is 9.78 Å². The molecule has 0 saturated heterocycles. The van der Waals surface area contributed by atoms with Crippen molar-refractivity contribution >= 4 is 15.9 Å². The molecule has 1 rings (SSSR count). The SMILES string of the molecule is CC(C)=CCn1nc(C)c(Br)c1C. The van der Waals surface area contributed by atoms with Crippen LogP contribution in [0.25, 0.3) is 0 Å². The van der Waals surface area contributed by atoms with Crippen LogP contribution in [0, 0.1) is 13.8 Å². The summed E-state index contributed by atoms with van der Waals surface area (Å²) in [7, 11) is 0. The summed E-state index contributed by atoms with van der Waals surface area (Å²) >= 11 is 3.50. The summed E-state index contributed by atoms with van der Waals surface area (Å²) < 4.78 is 3.13. The van der Waals surface area contributed by atoms with Gasteiger partial charge >= 0.3 is 0 Å². The molecule has 0 unspecified atom stereocenters. The molecule has 0 saturated carbocycles. The van der Waals surface area contributed by atoms with Crippen molar-refractivity contribution in [2.45, 2.75) is 34.2 Å². The van der Waals surface area contributed by atoms with Gasteiger partial charge in [0.25, 0.3) is 0 Å². The van der Waals surface area contributed by atoms with Crippen molar-refractivity contribution < 1.29 is 0 Å². The Morgan fingerprint density at radius 1 is 1.46 bits per heavy atom. The molecule has 0 atom stereocenters. The van der Waals surface area contributed by atoms with E-state index in [9.17, 15) is 0 Å². The lowest BCUT2D eigenvalue weighted by Crippen LogP contribution is -2.00. The highest BCUT2D eigenvalue weighted by Gasteiger charge is 2.06. The van der Waals surface area contributed by atoms with Gasteiger partial charge in [0.05, 0.1) is 22.4 Å². The molecule has 2 nitrogen and oxygen atoms in total. The lowest BCUT2D eigenvalue weighted by atomic mass is 10.3. The number of aromatic nitrogens is 2. The van der Waals surface area contributed by atoms with Crippen LogP contribution in [0.2, 0.25) is 0 Å². The number of nitrogens with zero attached hydrogens (tertiary/aromatic N) is 2. The van der Waals surface area contributed by atoms with Gasteiger partial charge < -0.3 is 0 Å². The van der Waals surface area contributed by atoms with Crippen LogP contribution in [0.3, 0.4) is 0 Å². The maximum atomic E-state index is 4.41. The monoisotopic (exact) mass is 242 g/mol. The van der Waals surface area contributed by atoms with Crippen molar-refractivity contribution in [2.75, 3.05) is 0 Å². The molecule has 1 heterocycles. The summed E-state index contributed by atoms with van der Waals surface area (Å²) in [5, 5.41) is 4.41. The third-order valence-electron chi connectivity index (χ3n) is 1.97. The Labute approximate surface area is 87.8 Å². The Kier molecular flexibility index (Phi) is 3.31. The Morgan fingerprint density at radius 3 is 2.46 bits per heavy atom. The fourth-order valence-electron chi connectivity index (χ4n) is 1.12. The first-order valence-electron chi connectivity index (χ1n) is 4.35. The van der Waals surface area contributed by atoms with Gasteiger partial charge in [-0.05, 0) is 43.6 Å². The molecule has 0 aliphatic heterocycles. The van der Waals surface area contributed by atoms with Crippen LogP contribution < -0.4 is 0 Å². The van der Waals surface area contributed by atoms with Crippen LogP contribution in [-0.2, 0) is 6.54 Å². The second kappa shape index (κ2) is 4.09. The van der Waals surface area contributed by atoms with E-state index in [1.54, 1.807) is 0 Å². The Hall–Kier alpha value is -0.570. The minimum absolute atomic E-state index is 0.862. The molecule has 0 aliphatic carbocycles. The van der Waals surface area contributed by atoms with E-state index < -0.39 is 0 Å². The van der Waals surface area contributed by atoms with Crippen molar-refractivity contribution in [1.29, 1.82) is 0 Å². The van der Waals surface area contributed by atoms with Crippen LogP contribution in [-0.4, -0.2) is 9.78 Å². The molecule has 72 valence electrons. The molecule has 0 bridgehead atoms. The van der Waals surface area contributed by atoms with Gasteiger partial charge in [-0.15, -0.1) is 0 Å². The normalized spacial score (nSPS) is 10.2. The molecule has 0 N–H and O–H groups in total. The van der Waals surface area contributed by atoms with E-state index in [1.165, 1.54) is 11.3 Å². The summed E-state index contributed by atoms with van der Waals surface area (Å²) in [6.07, 6.45) is 2.17. The largest absolute Gasteiger partial charge is 0.265 e. The van der Waals surface area contributed by atoms with Gasteiger partial charge in [-0.1, -0.05) is 11.6 Å². The molecule has 0 fully saturated rings. The van der Waals surface area contributed by atoms with E-state index in [2.05, 4.69) is 47.9 Å². The zero-order chi connectivity index (χ0) is 10.0. The summed E-state index contributed by atoms with van der Waals surface area (Å²) in [4.78, 5) is 0. The maximum absolute atomic E-state index is 4.41. The van der Waals surface area contributed by atoms with Gasteiger partial charge in [0.2, 0.25) is 0 Å². The zero-order valence-corrected chi connectivity index (χ0v) is 10.1. The molecular formula is C10H15BrN2. The topological polar surface area (TPSA) is 17.8 Å².